The number of likely N-dealkylation sites (tertiary alicyclic amines) is 1. The van der Waals surface area contributed by atoms with Crippen molar-refractivity contribution in [3.8, 4) is 17.6 Å². The SMILES string of the molecule is CCC(=O)c1ccc(OCCCN2CCCCC2)cc1.CCN(CC)CCCOc1ccc(C#N)cc1. The maximum atomic E-state index is 11.5. The average Bonchev–Trinajstić information content (AvgIpc) is 2.96. The summed E-state index contributed by atoms with van der Waals surface area (Å²) in [7, 11) is 0. The molecular formula is C31H45N3O3. The van der Waals surface area contributed by atoms with Crippen LogP contribution in [0.1, 0.15) is 75.2 Å². The fourth-order valence-corrected chi connectivity index (χ4v) is 4.25. The number of carbonyl (C=O) groups is 1. The Bertz CT molecular complexity index is 912. The zero-order chi connectivity index (χ0) is 26.7. The third-order valence-electron chi connectivity index (χ3n) is 6.60. The Hall–Kier alpha value is -2.88. The fourth-order valence-electron chi connectivity index (χ4n) is 4.25. The Morgan fingerprint density at radius 3 is 1.97 bits per heavy atom. The Labute approximate surface area is 224 Å². The highest BCUT2D eigenvalue weighted by atomic mass is 16.5. The van der Waals surface area contributed by atoms with Crippen LogP contribution >= 0.6 is 0 Å². The topological polar surface area (TPSA) is 65.8 Å². The molecular weight excluding hydrogens is 462 g/mol. The maximum absolute atomic E-state index is 11.5. The van der Waals surface area contributed by atoms with Gasteiger partial charge in [-0.2, -0.15) is 5.26 Å². The predicted molar refractivity (Wildman–Crippen MR) is 151 cm³/mol. The first-order chi connectivity index (χ1) is 18.1. The van der Waals surface area contributed by atoms with E-state index in [-0.39, 0.29) is 5.78 Å². The second-order valence-corrected chi connectivity index (χ2v) is 9.27. The van der Waals surface area contributed by atoms with E-state index < -0.39 is 0 Å². The van der Waals surface area contributed by atoms with E-state index in [0.29, 0.717) is 12.0 Å². The molecule has 2 aromatic carbocycles. The molecule has 1 fully saturated rings. The molecule has 0 atom stereocenters. The van der Waals surface area contributed by atoms with E-state index in [1.807, 2.05) is 43.3 Å². The van der Waals surface area contributed by atoms with E-state index in [4.69, 9.17) is 14.7 Å². The average molecular weight is 508 g/mol. The summed E-state index contributed by atoms with van der Waals surface area (Å²) in [6.45, 7) is 14.6. The first-order valence-corrected chi connectivity index (χ1v) is 13.9. The van der Waals surface area contributed by atoms with Gasteiger partial charge in [-0.3, -0.25) is 4.79 Å². The van der Waals surface area contributed by atoms with Crippen LogP contribution in [-0.2, 0) is 0 Å². The molecule has 3 rings (SSSR count). The highest BCUT2D eigenvalue weighted by Crippen LogP contribution is 2.15. The Morgan fingerprint density at radius 2 is 1.43 bits per heavy atom. The predicted octanol–water partition coefficient (Wildman–Crippen LogP) is 6.20. The van der Waals surface area contributed by atoms with Gasteiger partial charge in [0.25, 0.3) is 0 Å². The zero-order valence-corrected chi connectivity index (χ0v) is 23.1. The van der Waals surface area contributed by atoms with Gasteiger partial charge in [0.2, 0.25) is 0 Å². The third kappa shape index (κ3) is 12.3. The van der Waals surface area contributed by atoms with Crippen molar-refractivity contribution < 1.29 is 14.3 Å². The molecule has 1 saturated heterocycles. The molecule has 1 aliphatic rings. The number of ketones is 1. The molecule has 0 unspecified atom stereocenters. The van der Waals surface area contributed by atoms with Crippen molar-refractivity contribution in [2.75, 3.05) is 52.5 Å². The first kappa shape index (κ1) is 30.3. The Balaban J connectivity index is 0.000000264. The second-order valence-electron chi connectivity index (χ2n) is 9.27. The van der Waals surface area contributed by atoms with Gasteiger partial charge < -0.3 is 19.3 Å². The van der Waals surface area contributed by atoms with E-state index in [1.165, 1.54) is 32.4 Å². The van der Waals surface area contributed by atoms with Crippen molar-refractivity contribution in [3.63, 3.8) is 0 Å². The highest BCUT2D eigenvalue weighted by Gasteiger charge is 2.09. The zero-order valence-electron chi connectivity index (χ0n) is 23.1. The molecule has 6 nitrogen and oxygen atoms in total. The van der Waals surface area contributed by atoms with Gasteiger partial charge in [-0.1, -0.05) is 27.2 Å². The molecule has 1 aliphatic heterocycles. The van der Waals surface area contributed by atoms with Gasteiger partial charge in [-0.15, -0.1) is 0 Å². The summed E-state index contributed by atoms with van der Waals surface area (Å²) in [6.07, 6.45) is 6.71. The van der Waals surface area contributed by atoms with Gasteiger partial charge in [0.1, 0.15) is 11.5 Å². The standard InChI is InChI=1S/C17H25NO2.C14H20N2O/c1-2-17(19)15-7-9-16(10-8-15)20-14-6-13-18-11-4-3-5-12-18;1-3-16(4-2)10-5-11-17-14-8-6-13(12-15)7-9-14/h7-10H,2-6,11-14H2,1H3;6-9H,3-5,10-11H2,1-2H3. The number of piperidine rings is 1. The van der Waals surface area contributed by atoms with Crippen LogP contribution in [0.3, 0.4) is 0 Å². The Morgan fingerprint density at radius 1 is 0.865 bits per heavy atom. The molecule has 0 spiro atoms. The second kappa shape index (κ2) is 18.4. The maximum Gasteiger partial charge on any atom is 0.162 e. The molecule has 2 aromatic rings. The largest absolute Gasteiger partial charge is 0.494 e. The van der Waals surface area contributed by atoms with Crippen molar-refractivity contribution >= 4 is 5.78 Å². The van der Waals surface area contributed by atoms with Crippen LogP contribution in [0.25, 0.3) is 0 Å². The summed E-state index contributed by atoms with van der Waals surface area (Å²) in [5.41, 5.74) is 1.44. The number of ether oxygens (including phenoxy) is 2. The van der Waals surface area contributed by atoms with Crippen LogP contribution in [0.4, 0.5) is 0 Å². The number of hydrogen-bond acceptors (Lipinski definition) is 6. The van der Waals surface area contributed by atoms with Crippen molar-refractivity contribution in [2.24, 2.45) is 0 Å². The summed E-state index contributed by atoms with van der Waals surface area (Å²) >= 11 is 0. The van der Waals surface area contributed by atoms with Crippen LogP contribution < -0.4 is 9.47 Å². The fraction of sp³-hybridized carbons (Fsp3) is 0.548. The summed E-state index contributed by atoms with van der Waals surface area (Å²) < 4.78 is 11.3. The first-order valence-electron chi connectivity index (χ1n) is 13.9. The number of Topliss-reactive ketones (excluding diaryl/α,β-unsaturated/α-hetero) is 1. The van der Waals surface area contributed by atoms with Gasteiger partial charge in [-0.25, -0.2) is 0 Å². The minimum Gasteiger partial charge on any atom is -0.494 e. The minimum atomic E-state index is 0.182. The molecule has 1 heterocycles. The van der Waals surface area contributed by atoms with Gasteiger partial charge >= 0.3 is 0 Å². The van der Waals surface area contributed by atoms with E-state index in [9.17, 15) is 4.79 Å². The molecule has 0 aromatic heterocycles. The number of carbonyl (C=O) groups excluding carboxylic acids is 1. The lowest BCUT2D eigenvalue weighted by atomic mass is 10.1. The normalized spacial score (nSPS) is 13.4. The summed E-state index contributed by atoms with van der Waals surface area (Å²) in [5, 5.41) is 8.66. The molecule has 0 saturated carbocycles. The number of hydrogen-bond donors (Lipinski definition) is 0. The quantitative estimate of drug-likeness (QED) is 0.224. The summed E-state index contributed by atoms with van der Waals surface area (Å²) in [5.74, 6) is 1.88. The molecule has 6 heteroatoms. The molecule has 0 amide bonds. The van der Waals surface area contributed by atoms with E-state index in [2.05, 4.69) is 29.7 Å². The smallest absolute Gasteiger partial charge is 0.162 e. The molecule has 0 bridgehead atoms. The number of nitrogens with zero attached hydrogens (tertiary/aromatic N) is 3. The lowest BCUT2D eigenvalue weighted by Crippen LogP contribution is -2.31. The van der Waals surface area contributed by atoms with Crippen LogP contribution in [0, 0.1) is 11.3 Å². The molecule has 0 N–H and O–H groups in total. The number of nitriles is 1. The van der Waals surface area contributed by atoms with Gasteiger partial charge in [-0.05, 0) is 100 Å². The van der Waals surface area contributed by atoms with E-state index in [1.54, 1.807) is 12.1 Å². The van der Waals surface area contributed by atoms with Crippen molar-refractivity contribution in [1.29, 1.82) is 5.26 Å². The van der Waals surface area contributed by atoms with Crippen LogP contribution in [0.15, 0.2) is 48.5 Å². The van der Waals surface area contributed by atoms with Crippen LogP contribution in [0.2, 0.25) is 0 Å². The monoisotopic (exact) mass is 507 g/mol. The van der Waals surface area contributed by atoms with Crippen molar-refractivity contribution in [2.45, 2.75) is 59.3 Å². The number of benzene rings is 2. The minimum absolute atomic E-state index is 0.182. The van der Waals surface area contributed by atoms with Crippen LogP contribution in [0.5, 0.6) is 11.5 Å². The van der Waals surface area contributed by atoms with E-state index >= 15 is 0 Å². The van der Waals surface area contributed by atoms with Crippen LogP contribution in [-0.4, -0.2) is 68.1 Å². The lowest BCUT2D eigenvalue weighted by Gasteiger charge is -2.26. The van der Waals surface area contributed by atoms with Gasteiger partial charge in [0, 0.05) is 25.1 Å². The molecule has 0 aliphatic carbocycles. The number of rotatable bonds is 14. The molecule has 0 radical (unpaired) electrons. The highest BCUT2D eigenvalue weighted by molar-refractivity contribution is 5.95. The van der Waals surface area contributed by atoms with E-state index in [0.717, 1.165) is 69.3 Å². The molecule has 202 valence electrons. The van der Waals surface area contributed by atoms with Crippen molar-refractivity contribution in [1.82, 2.24) is 9.80 Å². The van der Waals surface area contributed by atoms with Gasteiger partial charge in [0.15, 0.2) is 5.78 Å². The third-order valence-corrected chi connectivity index (χ3v) is 6.60. The Kier molecular flexibility index (Phi) is 15.1. The van der Waals surface area contributed by atoms with Gasteiger partial charge in [0.05, 0.1) is 24.8 Å². The summed E-state index contributed by atoms with van der Waals surface area (Å²) in [4.78, 5) is 16.4. The molecule has 37 heavy (non-hydrogen) atoms. The lowest BCUT2D eigenvalue weighted by molar-refractivity contribution is 0.0988. The summed E-state index contributed by atoms with van der Waals surface area (Å²) in [6, 6.07) is 16.8. The van der Waals surface area contributed by atoms with Crippen molar-refractivity contribution in [3.05, 3.63) is 59.7 Å².